The molecule has 0 saturated heterocycles. The number of hydrogen-bond donors (Lipinski definition) is 3. The minimum Gasteiger partial charge on any atom is -0.385 e. The third-order valence-electron chi connectivity index (χ3n) is 6.08. The van der Waals surface area contributed by atoms with Gasteiger partial charge in [0.1, 0.15) is 6.10 Å². The molecule has 3 heteroatoms. The van der Waals surface area contributed by atoms with Crippen molar-refractivity contribution in [3.05, 3.63) is 131 Å². The number of aryl methyl sites for hydroxylation is 2. The van der Waals surface area contributed by atoms with Gasteiger partial charge < -0.3 is 15.7 Å². The molecule has 0 aromatic heterocycles. The monoisotopic (exact) mass is 450 g/mol. The first kappa shape index (κ1) is 23.6. The van der Waals surface area contributed by atoms with Crippen LogP contribution in [0.5, 0.6) is 0 Å². The number of rotatable bonds is 12. The summed E-state index contributed by atoms with van der Waals surface area (Å²) in [4.78, 5) is 0. The minimum absolute atomic E-state index is 0.626. The van der Waals surface area contributed by atoms with Crippen molar-refractivity contribution in [2.75, 3.05) is 23.7 Å². The fraction of sp³-hybridized carbons (Fsp3) is 0.226. The quantitative estimate of drug-likeness (QED) is 0.207. The van der Waals surface area contributed by atoms with Crippen molar-refractivity contribution in [2.45, 2.75) is 31.8 Å². The summed E-state index contributed by atoms with van der Waals surface area (Å²) in [6.45, 7) is 1.85. The molecule has 0 fully saturated rings. The SMILES string of the molecule is OC(c1ccc(NCCCc2ccccc2)cc1)c1ccc(NCCCc2ccccc2)cc1. The molecule has 0 aliphatic rings. The molecule has 0 saturated carbocycles. The summed E-state index contributed by atoms with van der Waals surface area (Å²) < 4.78 is 0. The molecule has 34 heavy (non-hydrogen) atoms. The molecule has 0 spiro atoms. The smallest absolute Gasteiger partial charge is 0.104 e. The Labute approximate surface area is 203 Å². The van der Waals surface area contributed by atoms with E-state index >= 15 is 0 Å². The van der Waals surface area contributed by atoms with E-state index in [4.69, 9.17) is 0 Å². The van der Waals surface area contributed by atoms with Crippen molar-refractivity contribution in [3.63, 3.8) is 0 Å². The Morgan fingerprint density at radius 2 is 0.882 bits per heavy atom. The van der Waals surface area contributed by atoms with Gasteiger partial charge in [-0.25, -0.2) is 0 Å². The highest BCUT2D eigenvalue weighted by atomic mass is 16.3. The highest BCUT2D eigenvalue weighted by molar-refractivity contribution is 5.48. The Balaban J connectivity index is 1.20. The Morgan fingerprint density at radius 1 is 0.500 bits per heavy atom. The van der Waals surface area contributed by atoms with Crippen molar-refractivity contribution in [2.24, 2.45) is 0 Å². The predicted octanol–water partition coefficient (Wildman–Crippen LogP) is 6.86. The topological polar surface area (TPSA) is 44.3 Å². The van der Waals surface area contributed by atoms with Gasteiger partial charge >= 0.3 is 0 Å². The summed E-state index contributed by atoms with van der Waals surface area (Å²) in [5, 5.41) is 17.8. The first-order chi connectivity index (χ1) is 16.8. The number of aliphatic hydroxyl groups is 1. The van der Waals surface area contributed by atoms with Gasteiger partial charge in [0.25, 0.3) is 0 Å². The lowest BCUT2D eigenvalue weighted by Gasteiger charge is -2.14. The molecule has 0 atom stereocenters. The summed E-state index contributed by atoms with van der Waals surface area (Å²) in [5.41, 5.74) is 6.71. The Morgan fingerprint density at radius 3 is 1.26 bits per heavy atom. The van der Waals surface area contributed by atoms with Crippen LogP contribution in [0.2, 0.25) is 0 Å². The van der Waals surface area contributed by atoms with E-state index in [1.54, 1.807) is 0 Å². The summed E-state index contributed by atoms with van der Waals surface area (Å²) >= 11 is 0. The fourth-order valence-corrected chi connectivity index (χ4v) is 4.10. The molecule has 0 amide bonds. The zero-order chi connectivity index (χ0) is 23.4. The maximum absolute atomic E-state index is 10.8. The van der Waals surface area contributed by atoms with E-state index in [1.165, 1.54) is 11.1 Å². The van der Waals surface area contributed by atoms with Crippen LogP contribution in [-0.2, 0) is 12.8 Å². The van der Waals surface area contributed by atoms with E-state index in [1.807, 2.05) is 48.5 Å². The first-order valence-corrected chi connectivity index (χ1v) is 12.2. The maximum Gasteiger partial charge on any atom is 0.104 e. The van der Waals surface area contributed by atoms with Gasteiger partial charge in [0, 0.05) is 24.5 Å². The molecule has 0 bridgehead atoms. The molecule has 4 aromatic rings. The van der Waals surface area contributed by atoms with Crippen LogP contribution in [0.1, 0.15) is 41.2 Å². The molecule has 0 radical (unpaired) electrons. The lowest BCUT2D eigenvalue weighted by molar-refractivity contribution is 0.220. The van der Waals surface area contributed by atoms with Crippen LogP contribution in [0.3, 0.4) is 0 Å². The molecule has 0 unspecified atom stereocenters. The molecule has 4 rings (SSSR count). The van der Waals surface area contributed by atoms with Gasteiger partial charge in [0.2, 0.25) is 0 Å². The largest absolute Gasteiger partial charge is 0.385 e. The second-order valence-corrected chi connectivity index (χ2v) is 8.68. The minimum atomic E-state index is -0.626. The second kappa shape index (κ2) is 12.6. The summed E-state index contributed by atoms with van der Waals surface area (Å²) in [6.07, 6.45) is 3.69. The van der Waals surface area contributed by atoms with Crippen molar-refractivity contribution in [1.29, 1.82) is 0 Å². The Bertz CT molecular complexity index is 1000. The molecular weight excluding hydrogens is 416 g/mol. The first-order valence-electron chi connectivity index (χ1n) is 12.2. The van der Waals surface area contributed by atoms with E-state index < -0.39 is 6.10 Å². The van der Waals surface area contributed by atoms with Crippen LogP contribution >= 0.6 is 0 Å². The normalized spacial score (nSPS) is 10.9. The lowest BCUT2D eigenvalue weighted by Crippen LogP contribution is -2.05. The zero-order valence-corrected chi connectivity index (χ0v) is 19.7. The molecule has 0 heterocycles. The number of nitrogens with one attached hydrogen (secondary N) is 2. The van der Waals surface area contributed by atoms with Crippen LogP contribution < -0.4 is 10.6 Å². The molecular formula is C31H34N2O. The maximum atomic E-state index is 10.8. The predicted molar refractivity (Wildman–Crippen MR) is 143 cm³/mol. The number of benzene rings is 4. The molecule has 174 valence electrons. The summed E-state index contributed by atoms with van der Waals surface area (Å²) in [6, 6.07) is 37.3. The van der Waals surface area contributed by atoms with Crippen LogP contribution in [0.15, 0.2) is 109 Å². The van der Waals surface area contributed by atoms with Gasteiger partial charge in [-0.2, -0.15) is 0 Å². The van der Waals surface area contributed by atoms with Crippen LogP contribution in [0.4, 0.5) is 11.4 Å². The standard InChI is InChI=1S/C31H34N2O/c34-31(27-15-19-29(20-16-27)32-23-7-13-25-9-3-1-4-10-25)28-17-21-30(22-18-28)33-24-8-14-26-11-5-2-6-12-26/h1-6,9-12,15-22,31-34H,7-8,13-14,23-24H2. The van der Waals surface area contributed by atoms with Gasteiger partial charge in [0.05, 0.1) is 0 Å². The van der Waals surface area contributed by atoms with Crippen LogP contribution in [-0.4, -0.2) is 18.2 Å². The van der Waals surface area contributed by atoms with Crippen molar-refractivity contribution < 1.29 is 5.11 Å². The zero-order valence-electron chi connectivity index (χ0n) is 19.7. The molecule has 3 N–H and O–H groups in total. The average Bonchev–Trinajstić information content (AvgIpc) is 2.91. The molecule has 4 aromatic carbocycles. The third-order valence-corrected chi connectivity index (χ3v) is 6.08. The van der Waals surface area contributed by atoms with E-state index in [0.717, 1.165) is 61.3 Å². The highest BCUT2D eigenvalue weighted by Gasteiger charge is 2.10. The van der Waals surface area contributed by atoms with E-state index in [9.17, 15) is 5.11 Å². The van der Waals surface area contributed by atoms with E-state index in [0.29, 0.717) is 0 Å². The second-order valence-electron chi connectivity index (χ2n) is 8.68. The van der Waals surface area contributed by atoms with Gasteiger partial charge in [-0.05, 0) is 72.2 Å². The number of aliphatic hydroxyl groups excluding tert-OH is 1. The van der Waals surface area contributed by atoms with E-state index in [2.05, 4.69) is 71.3 Å². The third kappa shape index (κ3) is 7.23. The average molecular weight is 451 g/mol. The van der Waals surface area contributed by atoms with Crippen molar-refractivity contribution in [3.8, 4) is 0 Å². The lowest BCUT2D eigenvalue weighted by atomic mass is 10.0. The van der Waals surface area contributed by atoms with E-state index in [-0.39, 0.29) is 0 Å². The molecule has 0 aliphatic carbocycles. The summed E-state index contributed by atoms with van der Waals surface area (Å²) in [5.74, 6) is 0. The van der Waals surface area contributed by atoms with Gasteiger partial charge in [-0.15, -0.1) is 0 Å². The van der Waals surface area contributed by atoms with Crippen LogP contribution in [0, 0.1) is 0 Å². The number of hydrogen-bond acceptors (Lipinski definition) is 3. The molecule has 0 aliphatic heterocycles. The highest BCUT2D eigenvalue weighted by Crippen LogP contribution is 2.24. The fourth-order valence-electron chi connectivity index (χ4n) is 4.10. The van der Waals surface area contributed by atoms with Crippen molar-refractivity contribution in [1.82, 2.24) is 0 Å². The van der Waals surface area contributed by atoms with Crippen LogP contribution in [0.25, 0.3) is 0 Å². The number of anilines is 2. The van der Waals surface area contributed by atoms with Gasteiger partial charge in [0.15, 0.2) is 0 Å². The Kier molecular flexibility index (Phi) is 8.76. The summed E-state index contributed by atoms with van der Waals surface area (Å²) in [7, 11) is 0. The Hall–Kier alpha value is -3.56. The molecule has 3 nitrogen and oxygen atoms in total. The van der Waals surface area contributed by atoms with Gasteiger partial charge in [-0.3, -0.25) is 0 Å². The van der Waals surface area contributed by atoms with Gasteiger partial charge in [-0.1, -0.05) is 84.9 Å². The van der Waals surface area contributed by atoms with Crippen molar-refractivity contribution >= 4 is 11.4 Å².